The molecule has 0 radical (unpaired) electrons. The van der Waals surface area contributed by atoms with Crippen molar-refractivity contribution in [1.82, 2.24) is 9.97 Å². The predicted octanol–water partition coefficient (Wildman–Crippen LogP) is 6.02. The molecule has 4 aromatic rings. The molecule has 222 valence electrons. The highest BCUT2D eigenvalue weighted by Gasteiger charge is 2.33. The number of carbonyl (C=O) groups excluding carboxylic acids is 2. The molecule has 0 fully saturated rings. The number of nitrogens with one attached hydrogen (secondary N) is 2. The summed E-state index contributed by atoms with van der Waals surface area (Å²) in [5, 5.41) is 5.79. The highest BCUT2D eigenvalue weighted by Crippen LogP contribution is 2.34. The van der Waals surface area contributed by atoms with Gasteiger partial charge in [0.25, 0.3) is 5.91 Å². The maximum atomic E-state index is 13.5. The second kappa shape index (κ2) is 11.2. The lowest BCUT2D eigenvalue weighted by atomic mass is 10.1. The molecule has 0 unspecified atom stereocenters. The number of fused-ring (bicyclic) bond motifs is 1. The number of aromatic nitrogens is 2. The summed E-state index contributed by atoms with van der Waals surface area (Å²) < 4.78 is 39.7. The Morgan fingerprint density at radius 1 is 1.05 bits per heavy atom. The topological polar surface area (TPSA) is 120 Å². The van der Waals surface area contributed by atoms with Crippen molar-refractivity contribution in [3.63, 3.8) is 0 Å². The molecule has 3 aromatic carbocycles. The minimum absolute atomic E-state index is 0.164. The third-order valence-electron chi connectivity index (χ3n) is 6.93. The minimum atomic E-state index is -4.66. The Morgan fingerprint density at radius 3 is 2.53 bits per heavy atom. The van der Waals surface area contributed by atoms with Crippen LogP contribution < -0.4 is 31.1 Å². The fraction of sp³-hybridized carbons (Fsp3) is 0.200. The summed E-state index contributed by atoms with van der Waals surface area (Å²) in [6.45, 7) is 1.97. The van der Waals surface area contributed by atoms with Crippen LogP contribution in [0.3, 0.4) is 0 Å². The lowest BCUT2D eigenvalue weighted by Crippen LogP contribution is -2.46. The normalized spacial score (nSPS) is 13.0. The molecule has 0 spiro atoms. The molecular formula is C30H29F3N8O2. The van der Waals surface area contributed by atoms with E-state index >= 15 is 0 Å². The number of aryl methyl sites for hydroxylation is 1. The van der Waals surface area contributed by atoms with E-state index in [1.165, 1.54) is 15.9 Å². The molecule has 10 nitrogen and oxygen atoms in total. The van der Waals surface area contributed by atoms with E-state index in [-0.39, 0.29) is 23.8 Å². The molecule has 1 aliphatic rings. The molecule has 0 atom stereocenters. The third-order valence-corrected chi connectivity index (χ3v) is 6.93. The van der Waals surface area contributed by atoms with Crippen molar-refractivity contribution in [2.24, 2.45) is 0 Å². The molecule has 0 aliphatic carbocycles. The van der Waals surface area contributed by atoms with Gasteiger partial charge in [-0.3, -0.25) is 14.6 Å². The Kier molecular flexibility index (Phi) is 7.57. The van der Waals surface area contributed by atoms with Gasteiger partial charge in [0.15, 0.2) is 0 Å². The van der Waals surface area contributed by atoms with E-state index in [0.717, 1.165) is 29.1 Å². The number of halogens is 3. The van der Waals surface area contributed by atoms with E-state index in [1.807, 2.05) is 50.2 Å². The average molecular weight is 591 g/mol. The first kappa shape index (κ1) is 29.2. The molecule has 0 saturated heterocycles. The van der Waals surface area contributed by atoms with Gasteiger partial charge in [-0.05, 0) is 61.0 Å². The molecule has 1 aliphatic heterocycles. The van der Waals surface area contributed by atoms with E-state index < -0.39 is 17.6 Å². The van der Waals surface area contributed by atoms with Crippen LogP contribution in [-0.2, 0) is 12.7 Å². The number of anilines is 7. The first-order valence-electron chi connectivity index (χ1n) is 13.2. The van der Waals surface area contributed by atoms with Gasteiger partial charge in [-0.15, -0.1) is 0 Å². The number of alkyl halides is 3. The van der Waals surface area contributed by atoms with E-state index in [1.54, 1.807) is 31.4 Å². The lowest BCUT2D eigenvalue weighted by Gasteiger charge is -2.35. The van der Waals surface area contributed by atoms with Crippen LogP contribution in [0.5, 0.6) is 0 Å². The van der Waals surface area contributed by atoms with Gasteiger partial charge in [0.2, 0.25) is 5.95 Å². The molecule has 0 bridgehead atoms. The van der Waals surface area contributed by atoms with Gasteiger partial charge < -0.3 is 21.3 Å². The standard InChI is InChI=1S/C30H29F3N8O2/c1-17-8-9-23(36-27(42)18-10-20(30(31,32)33)12-21(34)11-18)14-25(17)41-16-19-15-35-28(38-26(19)40(4)29(41)43)37-22-6-5-7-24(13-22)39(2)3/h5-15H,16,34H2,1-4H3,(H,36,42)(H,35,37,38). The highest BCUT2D eigenvalue weighted by molar-refractivity contribution is 6.07. The quantitative estimate of drug-likeness (QED) is 0.235. The Hall–Kier alpha value is -5.33. The van der Waals surface area contributed by atoms with E-state index in [2.05, 4.69) is 20.6 Å². The molecule has 1 aromatic heterocycles. The Balaban J connectivity index is 1.38. The van der Waals surface area contributed by atoms with Gasteiger partial charge in [-0.1, -0.05) is 12.1 Å². The van der Waals surface area contributed by atoms with Gasteiger partial charge in [0.05, 0.1) is 17.8 Å². The van der Waals surface area contributed by atoms with Crippen LogP contribution in [0.25, 0.3) is 0 Å². The van der Waals surface area contributed by atoms with Crippen molar-refractivity contribution in [2.75, 3.05) is 52.2 Å². The fourth-order valence-electron chi connectivity index (χ4n) is 4.68. The van der Waals surface area contributed by atoms with Crippen LogP contribution in [0.4, 0.5) is 58.2 Å². The molecule has 13 heteroatoms. The van der Waals surface area contributed by atoms with Crippen LogP contribution in [0.2, 0.25) is 0 Å². The molecule has 2 heterocycles. The second-order valence-electron chi connectivity index (χ2n) is 10.3. The minimum Gasteiger partial charge on any atom is -0.399 e. The number of nitrogens with zero attached hydrogens (tertiary/aromatic N) is 5. The van der Waals surface area contributed by atoms with Gasteiger partial charge in [0, 0.05) is 61.2 Å². The van der Waals surface area contributed by atoms with E-state index in [0.29, 0.717) is 28.7 Å². The highest BCUT2D eigenvalue weighted by atomic mass is 19.4. The molecule has 5 rings (SSSR count). The van der Waals surface area contributed by atoms with Crippen molar-refractivity contribution in [2.45, 2.75) is 19.6 Å². The fourth-order valence-corrected chi connectivity index (χ4v) is 4.68. The second-order valence-corrected chi connectivity index (χ2v) is 10.3. The monoisotopic (exact) mass is 590 g/mol. The zero-order valence-electron chi connectivity index (χ0n) is 23.8. The smallest absolute Gasteiger partial charge is 0.399 e. The number of hydrogen-bond donors (Lipinski definition) is 3. The summed E-state index contributed by atoms with van der Waals surface area (Å²) >= 11 is 0. The van der Waals surface area contributed by atoms with Crippen LogP contribution in [0, 0.1) is 6.92 Å². The summed E-state index contributed by atoms with van der Waals surface area (Å²) in [5.74, 6) is 0.00946. The van der Waals surface area contributed by atoms with Gasteiger partial charge in [-0.2, -0.15) is 18.2 Å². The summed E-state index contributed by atoms with van der Waals surface area (Å²) in [5.41, 5.74) is 8.19. The largest absolute Gasteiger partial charge is 0.416 e. The van der Waals surface area contributed by atoms with Crippen molar-refractivity contribution >= 4 is 52.1 Å². The predicted molar refractivity (Wildman–Crippen MR) is 161 cm³/mol. The summed E-state index contributed by atoms with van der Waals surface area (Å²) in [6, 6.07) is 15.0. The zero-order chi connectivity index (χ0) is 31.1. The number of urea groups is 1. The number of rotatable bonds is 6. The number of carbonyl (C=O) groups is 2. The number of nitrogens with two attached hydrogens (primary N) is 1. The molecule has 4 N–H and O–H groups in total. The number of hydrogen-bond acceptors (Lipinski definition) is 7. The number of amides is 3. The Labute approximate surface area is 245 Å². The Bertz CT molecular complexity index is 1720. The van der Waals surface area contributed by atoms with E-state index in [9.17, 15) is 22.8 Å². The zero-order valence-corrected chi connectivity index (χ0v) is 23.8. The van der Waals surface area contributed by atoms with Crippen LogP contribution in [-0.4, -0.2) is 43.0 Å². The van der Waals surface area contributed by atoms with Crippen molar-refractivity contribution in [1.29, 1.82) is 0 Å². The maximum absolute atomic E-state index is 13.5. The molecule has 43 heavy (non-hydrogen) atoms. The molecular weight excluding hydrogens is 561 g/mol. The van der Waals surface area contributed by atoms with Gasteiger partial charge >= 0.3 is 12.2 Å². The van der Waals surface area contributed by atoms with Crippen molar-refractivity contribution in [3.05, 3.63) is 89.1 Å². The van der Waals surface area contributed by atoms with Gasteiger partial charge in [-0.25, -0.2) is 9.78 Å². The lowest BCUT2D eigenvalue weighted by molar-refractivity contribution is -0.137. The number of nitrogen functional groups attached to an aromatic ring is 1. The summed E-state index contributed by atoms with van der Waals surface area (Å²) in [7, 11) is 5.49. The average Bonchev–Trinajstić information content (AvgIpc) is 2.95. The number of benzene rings is 3. The first-order valence-corrected chi connectivity index (χ1v) is 13.2. The maximum Gasteiger partial charge on any atom is 0.416 e. The van der Waals surface area contributed by atoms with Gasteiger partial charge in [0.1, 0.15) is 5.82 Å². The summed E-state index contributed by atoms with van der Waals surface area (Å²) in [4.78, 5) is 40.3. The first-order chi connectivity index (χ1) is 20.3. The SMILES string of the molecule is Cc1ccc(NC(=O)c2cc(N)cc(C(F)(F)F)c2)cc1N1Cc2cnc(Nc3cccc(N(C)C)c3)nc2N(C)C1=O. The van der Waals surface area contributed by atoms with Crippen LogP contribution in [0.15, 0.2) is 66.9 Å². The van der Waals surface area contributed by atoms with Crippen LogP contribution in [0.1, 0.15) is 27.0 Å². The van der Waals surface area contributed by atoms with Crippen LogP contribution >= 0.6 is 0 Å². The summed E-state index contributed by atoms with van der Waals surface area (Å²) in [6.07, 6.45) is -3.01. The molecule has 3 amide bonds. The van der Waals surface area contributed by atoms with Crippen molar-refractivity contribution in [3.8, 4) is 0 Å². The third kappa shape index (κ3) is 6.15. The Morgan fingerprint density at radius 2 is 1.81 bits per heavy atom. The van der Waals surface area contributed by atoms with E-state index in [4.69, 9.17) is 5.73 Å². The molecule has 0 saturated carbocycles. The van der Waals surface area contributed by atoms with Crippen molar-refractivity contribution < 1.29 is 22.8 Å².